The molecule has 0 N–H and O–H groups in total. The summed E-state index contributed by atoms with van der Waals surface area (Å²) >= 11 is 0. The van der Waals surface area contributed by atoms with E-state index in [1.807, 2.05) is 0 Å². The van der Waals surface area contributed by atoms with Gasteiger partial charge in [0, 0.05) is 11.0 Å². The van der Waals surface area contributed by atoms with Crippen LogP contribution in [0.25, 0.3) is 0 Å². The highest BCUT2D eigenvalue weighted by atomic mass is 16.4. The second-order valence-electron chi connectivity index (χ2n) is 5.76. The van der Waals surface area contributed by atoms with E-state index >= 15 is 0 Å². The molecule has 16 heavy (non-hydrogen) atoms. The number of rotatable bonds is 0. The number of hydrogen-bond donors (Lipinski definition) is 0. The van der Waals surface area contributed by atoms with Gasteiger partial charge in [-0.3, -0.25) is 0 Å². The van der Waals surface area contributed by atoms with Gasteiger partial charge in [0.2, 0.25) is 0 Å². The smallest absolute Gasteiger partial charge is 0.339 e. The van der Waals surface area contributed by atoms with Gasteiger partial charge in [-0.25, -0.2) is 4.79 Å². The van der Waals surface area contributed by atoms with Crippen molar-refractivity contribution in [1.82, 2.24) is 0 Å². The molecule has 0 amide bonds. The molecule has 2 rings (SSSR count). The fourth-order valence-corrected chi connectivity index (χ4v) is 2.63. The first-order chi connectivity index (χ1) is 7.41. The van der Waals surface area contributed by atoms with Crippen LogP contribution < -0.4 is 5.63 Å². The van der Waals surface area contributed by atoms with Crippen LogP contribution in [0.3, 0.4) is 0 Å². The van der Waals surface area contributed by atoms with E-state index in [1.54, 1.807) is 0 Å². The van der Waals surface area contributed by atoms with Crippen molar-refractivity contribution in [1.29, 1.82) is 0 Å². The van der Waals surface area contributed by atoms with Crippen LogP contribution in [0.5, 0.6) is 0 Å². The fourth-order valence-electron chi connectivity index (χ4n) is 2.63. The normalized spacial score (nSPS) is 16.0. The van der Waals surface area contributed by atoms with Crippen molar-refractivity contribution in [3.05, 3.63) is 32.9 Å². The first kappa shape index (κ1) is 11.4. The Morgan fingerprint density at radius 2 is 1.62 bits per heavy atom. The maximum absolute atomic E-state index is 11.9. The number of fused-ring (bicyclic) bond motifs is 1. The molecule has 2 heteroatoms. The monoisotopic (exact) mass is 220 g/mol. The van der Waals surface area contributed by atoms with E-state index < -0.39 is 0 Å². The van der Waals surface area contributed by atoms with E-state index in [4.69, 9.17) is 4.42 Å². The standard InChI is InChI=1S/C14H20O2/c1-9-10-7-5-6-8-11(10)13(15)16-12(9)14(2,3)4/h5-8H2,1-4H3. The molecule has 0 unspecified atom stereocenters. The molecule has 1 aromatic heterocycles. The summed E-state index contributed by atoms with van der Waals surface area (Å²) in [5.74, 6) is 0.859. The highest BCUT2D eigenvalue weighted by molar-refractivity contribution is 5.37. The molecular weight excluding hydrogens is 200 g/mol. The van der Waals surface area contributed by atoms with Crippen LogP contribution in [0, 0.1) is 6.92 Å². The van der Waals surface area contributed by atoms with E-state index in [0.717, 1.165) is 30.6 Å². The molecule has 0 saturated carbocycles. The molecule has 1 aromatic rings. The zero-order chi connectivity index (χ0) is 11.9. The molecule has 0 radical (unpaired) electrons. The van der Waals surface area contributed by atoms with E-state index in [-0.39, 0.29) is 11.0 Å². The number of hydrogen-bond acceptors (Lipinski definition) is 2. The molecule has 0 spiro atoms. The van der Waals surface area contributed by atoms with Crippen LogP contribution in [-0.4, -0.2) is 0 Å². The maximum Gasteiger partial charge on any atom is 0.339 e. The van der Waals surface area contributed by atoms with E-state index in [1.165, 1.54) is 17.5 Å². The molecule has 1 aliphatic carbocycles. The predicted molar refractivity (Wildman–Crippen MR) is 65.1 cm³/mol. The Kier molecular flexibility index (Phi) is 2.69. The summed E-state index contributed by atoms with van der Waals surface area (Å²) in [4.78, 5) is 11.9. The van der Waals surface area contributed by atoms with Gasteiger partial charge >= 0.3 is 5.63 Å². The zero-order valence-electron chi connectivity index (χ0n) is 10.6. The van der Waals surface area contributed by atoms with Crippen LogP contribution in [-0.2, 0) is 18.3 Å². The second-order valence-corrected chi connectivity index (χ2v) is 5.76. The lowest BCUT2D eigenvalue weighted by molar-refractivity contribution is 0.363. The van der Waals surface area contributed by atoms with Gasteiger partial charge in [-0.05, 0) is 43.7 Å². The Hall–Kier alpha value is -1.05. The molecular formula is C14H20O2. The van der Waals surface area contributed by atoms with Crippen molar-refractivity contribution in [2.75, 3.05) is 0 Å². The Labute approximate surface area is 96.7 Å². The maximum atomic E-state index is 11.9. The minimum absolute atomic E-state index is 0.0876. The lowest BCUT2D eigenvalue weighted by atomic mass is 9.84. The minimum atomic E-state index is -0.106. The van der Waals surface area contributed by atoms with E-state index in [0.29, 0.717) is 0 Å². The highest BCUT2D eigenvalue weighted by Gasteiger charge is 2.25. The van der Waals surface area contributed by atoms with Gasteiger partial charge in [0.05, 0.1) is 0 Å². The van der Waals surface area contributed by atoms with Gasteiger partial charge in [-0.2, -0.15) is 0 Å². The Balaban J connectivity index is 2.68. The third-order valence-corrected chi connectivity index (χ3v) is 3.38. The predicted octanol–water partition coefficient (Wildman–Crippen LogP) is 3.12. The summed E-state index contributed by atoms with van der Waals surface area (Å²) in [6, 6.07) is 0. The first-order valence-corrected chi connectivity index (χ1v) is 6.07. The van der Waals surface area contributed by atoms with Crippen LogP contribution >= 0.6 is 0 Å². The molecule has 88 valence electrons. The topological polar surface area (TPSA) is 30.2 Å². The lowest BCUT2D eigenvalue weighted by Gasteiger charge is -2.24. The molecule has 0 aromatic carbocycles. The van der Waals surface area contributed by atoms with Gasteiger partial charge in [0.15, 0.2) is 0 Å². The first-order valence-electron chi connectivity index (χ1n) is 6.07. The highest BCUT2D eigenvalue weighted by Crippen LogP contribution is 2.30. The Bertz CT molecular complexity index is 461. The van der Waals surface area contributed by atoms with Crippen LogP contribution in [0.4, 0.5) is 0 Å². The molecule has 0 bridgehead atoms. The summed E-state index contributed by atoms with van der Waals surface area (Å²) in [7, 11) is 0. The van der Waals surface area contributed by atoms with E-state index in [9.17, 15) is 4.79 Å². The average Bonchev–Trinajstić information content (AvgIpc) is 2.22. The van der Waals surface area contributed by atoms with Gasteiger partial charge in [-0.15, -0.1) is 0 Å². The van der Waals surface area contributed by atoms with Crippen molar-refractivity contribution >= 4 is 0 Å². The van der Waals surface area contributed by atoms with Gasteiger partial charge in [0.25, 0.3) is 0 Å². The minimum Gasteiger partial charge on any atom is -0.427 e. The lowest BCUT2D eigenvalue weighted by Crippen LogP contribution is -2.23. The van der Waals surface area contributed by atoms with Crippen molar-refractivity contribution in [3.63, 3.8) is 0 Å². The van der Waals surface area contributed by atoms with Gasteiger partial charge < -0.3 is 4.42 Å². The molecule has 1 heterocycles. The molecule has 2 nitrogen and oxygen atoms in total. The summed E-state index contributed by atoms with van der Waals surface area (Å²) in [6.45, 7) is 8.36. The Morgan fingerprint density at radius 1 is 1.06 bits per heavy atom. The van der Waals surface area contributed by atoms with Gasteiger partial charge in [-0.1, -0.05) is 20.8 Å². The fraction of sp³-hybridized carbons (Fsp3) is 0.643. The summed E-state index contributed by atoms with van der Waals surface area (Å²) in [6.07, 6.45) is 4.24. The van der Waals surface area contributed by atoms with Crippen LogP contribution in [0.2, 0.25) is 0 Å². The van der Waals surface area contributed by atoms with Crippen molar-refractivity contribution in [2.24, 2.45) is 0 Å². The quantitative estimate of drug-likeness (QED) is 0.672. The van der Waals surface area contributed by atoms with Crippen LogP contribution in [0.1, 0.15) is 56.1 Å². The molecule has 1 aliphatic rings. The molecule has 0 aliphatic heterocycles. The van der Waals surface area contributed by atoms with Gasteiger partial charge in [0.1, 0.15) is 5.76 Å². The van der Waals surface area contributed by atoms with Crippen LogP contribution in [0.15, 0.2) is 9.21 Å². The second kappa shape index (κ2) is 3.76. The Morgan fingerprint density at radius 3 is 2.19 bits per heavy atom. The molecule has 0 atom stereocenters. The zero-order valence-corrected chi connectivity index (χ0v) is 10.6. The SMILES string of the molecule is Cc1c(C(C)(C)C)oc(=O)c2c1CCCC2. The van der Waals surface area contributed by atoms with Crippen molar-refractivity contribution < 1.29 is 4.42 Å². The third kappa shape index (κ3) is 1.81. The van der Waals surface area contributed by atoms with Crippen molar-refractivity contribution in [3.8, 4) is 0 Å². The average molecular weight is 220 g/mol. The third-order valence-electron chi connectivity index (χ3n) is 3.38. The van der Waals surface area contributed by atoms with E-state index in [2.05, 4.69) is 27.7 Å². The summed E-state index contributed by atoms with van der Waals surface area (Å²) < 4.78 is 5.52. The summed E-state index contributed by atoms with van der Waals surface area (Å²) in [5, 5.41) is 0. The summed E-state index contributed by atoms with van der Waals surface area (Å²) in [5.41, 5.74) is 3.19. The van der Waals surface area contributed by atoms with Crippen molar-refractivity contribution in [2.45, 2.75) is 58.8 Å². The molecule has 0 fully saturated rings. The largest absolute Gasteiger partial charge is 0.427 e. The molecule has 0 saturated heterocycles.